The maximum atomic E-state index is 12.5. The second-order valence-electron chi connectivity index (χ2n) is 3.78. The van der Waals surface area contributed by atoms with Crippen molar-refractivity contribution in [2.24, 2.45) is 0 Å². The van der Waals surface area contributed by atoms with Crippen molar-refractivity contribution in [3.63, 3.8) is 0 Å². The van der Waals surface area contributed by atoms with E-state index in [1.807, 2.05) is 0 Å². The minimum atomic E-state index is -4.74. The van der Waals surface area contributed by atoms with E-state index >= 15 is 0 Å². The Morgan fingerprint density at radius 3 is 2.68 bits per heavy atom. The van der Waals surface area contributed by atoms with E-state index in [0.717, 1.165) is 12.3 Å². The number of amides is 1. The molecule has 0 atom stereocenters. The SMILES string of the molecule is O=C(Cn1cccc(C(F)(F)F)c1=O)NCCCO. The zero-order valence-electron chi connectivity index (χ0n) is 9.91. The van der Waals surface area contributed by atoms with Gasteiger partial charge in [-0.1, -0.05) is 0 Å². The molecule has 1 heterocycles. The van der Waals surface area contributed by atoms with E-state index in [-0.39, 0.29) is 13.2 Å². The molecule has 0 radical (unpaired) electrons. The molecule has 0 fully saturated rings. The standard InChI is InChI=1S/C11H13F3N2O3/c12-11(13,14)8-3-1-5-16(10(8)19)7-9(18)15-4-2-6-17/h1,3,5,17H,2,4,6-7H2,(H,15,18). The van der Waals surface area contributed by atoms with Gasteiger partial charge in [-0.3, -0.25) is 9.59 Å². The molecule has 0 bridgehead atoms. The summed E-state index contributed by atoms with van der Waals surface area (Å²) in [7, 11) is 0. The van der Waals surface area contributed by atoms with E-state index in [4.69, 9.17) is 5.11 Å². The lowest BCUT2D eigenvalue weighted by molar-refractivity contribution is -0.139. The highest BCUT2D eigenvalue weighted by atomic mass is 19.4. The first-order valence-corrected chi connectivity index (χ1v) is 5.50. The lowest BCUT2D eigenvalue weighted by Crippen LogP contribution is -2.35. The second kappa shape index (κ2) is 6.37. The van der Waals surface area contributed by atoms with Gasteiger partial charge in [-0.2, -0.15) is 13.2 Å². The average Bonchev–Trinajstić information content (AvgIpc) is 2.30. The van der Waals surface area contributed by atoms with Crippen LogP contribution in [-0.4, -0.2) is 28.7 Å². The van der Waals surface area contributed by atoms with Gasteiger partial charge in [0.25, 0.3) is 5.56 Å². The molecule has 1 aromatic rings. The Morgan fingerprint density at radius 2 is 2.11 bits per heavy atom. The van der Waals surface area contributed by atoms with Gasteiger partial charge < -0.3 is 15.0 Å². The number of hydrogen-bond donors (Lipinski definition) is 2. The summed E-state index contributed by atoms with van der Waals surface area (Å²) in [5.41, 5.74) is -2.56. The van der Waals surface area contributed by atoms with Crippen molar-refractivity contribution < 1.29 is 23.1 Å². The number of aliphatic hydroxyl groups excluding tert-OH is 1. The molecule has 8 heteroatoms. The van der Waals surface area contributed by atoms with Crippen LogP contribution < -0.4 is 10.9 Å². The maximum absolute atomic E-state index is 12.5. The fourth-order valence-corrected chi connectivity index (χ4v) is 1.39. The van der Waals surface area contributed by atoms with Gasteiger partial charge in [0.1, 0.15) is 12.1 Å². The number of halogens is 3. The van der Waals surface area contributed by atoms with Gasteiger partial charge >= 0.3 is 6.18 Å². The Bertz CT molecular complexity index is 497. The molecule has 0 unspecified atom stereocenters. The Labute approximate surface area is 106 Å². The summed E-state index contributed by atoms with van der Waals surface area (Å²) in [5.74, 6) is -0.588. The van der Waals surface area contributed by atoms with Gasteiger partial charge in [-0.05, 0) is 18.6 Å². The van der Waals surface area contributed by atoms with Crippen molar-refractivity contribution in [1.29, 1.82) is 0 Å². The second-order valence-corrected chi connectivity index (χ2v) is 3.78. The molecular weight excluding hydrogens is 265 g/mol. The van der Waals surface area contributed by atoms with E-state index in [1.165, 1.54) is 0 Å². The summed E-state index contributed by atoms with van der Waals surface area (Å²) in [4.78, 5) is 22.9. The Hall–Kier alpha value is -1.83. The fourth-order valence-electron chi connectivity index (χ4n) is 1.39. The van der Waals surface area contributed by atoms with Crippen LogP contribution >= 0.6 is 0 Å². The van der Waals surface area contributed by atoms with Crippen LogP contribution in [0.2, 0.25) is 0 Å². The summed E-state index contributed by atoms with van der Waals surface area (Å²) in [6.45, 7) is -0.402. The van der Waals surface area contributed by atoms with Crippen molar-refractivity contribution in [2.45, 2.75) is 19.1 Å². The molecule has 0 aliphatic rings. The Balaban J connectivity index is 2.80. The molecule has 1 aromatic heterocycles. The molecule has 19 heavy (non-hydrogen) atoms. The molecule has 0 aliphatic heterocycles. The summed E-state index contributed by atoms with van der Waals surface area (Å²) in [5, 5.41) is 10.9. The third-order valence-electron chi connectivity index (χ3n) is 2.30. The summed E-state index contributed by atoms with van der Waals surface area (Å²) >= 11 is 0. The van der Waals surface area contributed by atoms with Crippen LogP contribution in [0, 0.1) is 0 Å². The van der Waals surface area contributed by atoms with Crippen LogP contribution in [0.25, 0.3) is 0 Å². The van der Waals surface area contributed by atoms with Crippen molar-refractivity contribution >= 4 is 5.91 Å². The fraction of sp³-hybridized carbons (Fsp3) is 0.455. The molecule has 0 spiro atoms. The first kappa shape index (κ1) is 15.2. The molecule has 106 valence electrons. The lowest BCUT2D eigenvalue weighted by Gasteiger charge is -2.10. The summed E-state index contributed by atoms with van der Waals surface area (Å²) < 4.78 is 38.1. The van der Waals surface area contributed by atoms with Crippen LogP contribution in [0.3, 0.4) is 0 Å². The van der Waals surface area contributed by atoms with E-state index < -0.39 is 29.8 Å². The van der Waals surface area contributed by atoms with Crippen molar-refractivity contribution in [3.8, 4) is 0 Å². The molecule has 1 rings (SSSR count). The number of hydrogen-bond acceptors (Lipinski definition) is 3. The van der Waals surface area contributed by atoms with Crippen LogP contribution in [0.4, 0.5) is 13.2 Å². The Morgan fingerprint density at radius 1 is 1.42 bits per heavy atom. The molecule has 5 nitrogen and oxygen atoms in total. The number of aromatic nitrogens is 1. The molecule has 0 aliphatic carbocycles. The van der Waals surface area contributed by atoms with Crippen LogP contribution in [-0.2, 0) is 17.5 Å². The molecule has 2 N–H and O–H groups in total. The molecule has 0 saturated heterocycles. The number of nitrogens with one attached hydrogen (secondary N) is 1. The number of carbonyl (C=O) groups excluding carboxylic acids is 1. The van der Waals surface area contributed by atoms with Crippen molar-refractivity contribution in [3.05, 3.63) is 34.2 Å². The Kier molecular flexibility index (Phi) is 5.11. The molecule has 0 aromatic carbocycles. The zero-order valence-corrected chi connectivity index (χ0v) is 9.91. The van der Waals surface area contributed by atoms with Crippen LogP contribution in [0.1, 0.15) is 12.0 Å². The van der Waals surface area contributed by atoms with E-state index in [0.29, 0.717) is 17.1 Å². The average molecular weight is 278 g/mol. The lowest BCUT2D eigenvalue weighted by atomic mass is 10.2. The topological polar surface area (TPSA) is 71.3 Å². The summed E-state index contributed by atoms with van der Waals surface area (Å²) in [6, 6.07) is 1.73. The number of aliphatic hydroxyl groups is 1. The highest BCUT2D eigenvalue weighted by Crippen LogP contribution is 2.25. The van der Waals surface area contributed by atoms with E-state index in [2.05, 4.69) is 5.32 Å². The number of alkyl halides is 3. The largest absolute Gasteiger partial charge is 0.421 e. The van der Waals surface area contributed by atoms with Gasteiger partial charge in [0.15, 0.2) is 0 Å². The molecule has 0 saturated carbocycles. The third-order valence-corrected chi connectivity index (χ3v) is 2.30. The predicted octanol–water partition coefficient (Wildman–Crippen LogP) is 0.366. The number of pyridine rings is 1. The van der Waals surface area contributed by atoms with Gasteiger partial charge in [-0.15, -0.1) is 0 Å². The van der Waals surface area contributed by atoms with Gasteiger partial charge in [-0.25, -0.2) is 0 Å². The van der Waals surface area contributed by atoms with Gasteiger partial charge in [0.2, 0.25) is 5.91 Å². The first-order valence-electron chi connectivity index (χ1n) is 5.50. The quantitative estimate of drug-likeness (QED) is 0.764. The number of carbonyl (C=O) groups is 1. The molecular formula is C11H13F3N2O3. The third kappa shape index (κ3) is 4.40. The highest BCUT2D eigenvalue weighted by molar-refractivity contribution is 5.75. The minimum Gasteiger partial charge on any atom is -0.396 e. The zero-order chi connectivity index (χ0) is 14.5. The van der Waals surface area contributed by atoms with Crippen LogP contribution in [0.15, 0.2) is 23.1 Å². The smallest absolute Gasteiger partial charge is 0.396 e. The monoisotopic (exact) mass is 278 g/mol. The minimum absolute atomic E-state index is 0.107. The van der Waals surface area contributed by atoms with E-state index in [9.17, 15) is 22.8 Å². The normalized spacial score (nSPS) is 11.4. The predicted molar refractivity (Wildman–Crippen MR) is 60.4 cm³/mol. The summed E-state index contributed by atoms with van der Waals surface area (Å²) in [6.07, 6.45) is -3.29. The van der Waals surface area contributed by atoms with Crippen molar-refractivity contribution in [2.75, 3.05) is 13.2 Å². The van der Waals surface area contributed by atoms with E-state index in [1.54, 1.807) is 0 Å². The molecule has 1 amide bonds. The highest BCUT2D eigenvalue weighted by Gasteiger charge is 2.34. The number of rotatable bonds is 5. The van der Waals surface area contributed by atoms with Gasteiger partial charge in [0, 0.05) is 19.3 Å². The van der Waals surface area contributed by atoms with Crippen molar-refractivity contribution in [1.82, 2.24) is 9.88 Å². The van der Waals surface area contributed by atoms with Crippen LogP contribution in [0.5, 0.6) is 0 Å². The maximum Gasteiger partial charge on any atom is 0.421 e. The first-order chi connectivity index (χ1) is 8.86. The number of nitrogens with zero attached hydrogens (tertiary/aromatic N) is 1. The van der Waals surface area contributed by atoms with Gasteiger partial charge in [0.05, 0.1) is 0 Å².